The van der Waals surface area contributed by atoms with Crippen molar-refractivity contribution < 1.29 is 9.50 Å². The molecule has 3 N–H and O–H groups in total. The van der Waals surface area contributed by atoms with Crippen LogP contribution in [0.2, 0.25) is 0 Å². The molecule has 7 heteroatoms. The normalized spacial score (nSPS) is 16.0. The summed E-state index contributed by atoms with van der Waals surface area (Å²) in [6.07, 6.45) is 0.0205. The van der Waals surface area contributed by atoms with Gasteiger partial charge in [0.15, 0.2) is 5.96 Å². The first-order valence-electron chi connectivity index (χ1n) is 8.89. The molecule has 1 heterocycles. The average molecular weight is 484 g/mol. The van der Waals surface area contributed by atoms with Crippen LogP contribution in [0.5, 0.6) is 0 Å². The number of piperazine rings is 1. The summed E-state index contributed by atoms with van der Waals surface area (Å²) in [5.74, 6) is 0.244. The highest BCUT2D eigenvalue weighted by Gasteiger charge is 2.18. The van der Waals surface area contributed by atoms with Crippen LogP contribution in [0.15, 0.2) is 59.6 Å². The first-order valence-corrected chi connectivity index (χ1v) is 8.89. The van der Waals surface area contributed by atoms with Crippen LogP contribution in [0, 0.1) is 5.82 Å². The van der Waals surface area contributed by atoms with Crippen LogP contribution in [0.1, 0.15) is 5.56 Å². The fraction of sp³-hybridized carbons (Fsp3) is 0.350. The van der Waals surface area contributed by atoms with E-state index in [1.54, 1.807) is 12.1 Å². The summed E-state index contributed by atoms with van der Waals surface area (Å²) in [6.45, 7) is 3.39. The molecule has 2 aromatic carbocycles. The summed E-state index contributed by atoms with van der Waals surface area (Å²) < 4.78 is 13.0. The third-order valence-electron chi connectivity index (χ3n) is 4.57. The van der Waals surface area contributed by atoms with E-state index in [2.05, 4.69) is 9.89 Å². The van der Waals surface area contributed by atoms with Crippen molar-refractivity contribution in [1.82, 2.24) is 4.90 Å². The Morgan fingerprint density at radius 2 is 1.67 bits per heavy atom. The predicted octanol–water partition coefficient (Wildman–Crippen LogP) is 2.48. The molecule has 2 aromatic rings. The number of aliphatic imine (C=N–C) groups is 1. The Morgan fingerprint density at radius 3 is 2.30 bits per heavy atom. The molecule has 0 aromatic heterocycles. The molecule has 1 aliphatic rings. The maximum Gasteiger partial charge on any atom is 0.191 e. The topological polar surface area (TPSA) is 65.1 Å². The first kappa shape index (κ1) is 21.4. The molecular formula is C20H26FIN4O. The molecule has 1 aliphatic heterocycles. The van der Waals surface area contributed by atoms with E-state index in [0.717, 1.165) is 37.4 Å². The molecule has 0 spiro atoms. The van der Waals surface area contributed by atoms with Crippen molar-refractivity contribution in [1.29, 1.82) is 0 Å². The standard InChI is InChI=1S/C20H25FN4O.HI/c21-17-6-8-18(9-7-17)24-10-12-25(13-11-24)20(22)23-15-19(26)14-16-4-2-1-3-5-16;/h1-9,19,26H,10-15H2,(H2,22,23);1H. The monoisotopic (exact) mass is 484 g/mol. The zero-order chi connectivity index (χ0) is 18.4. The predicted molar refractivity (Wildman–Crippen MR) is 118 cm³/mol. The Balaban J connectivity index is 0.00000261. The first-order chi connectivity index (χ1) is 12.6. The number of anilines is 1. The van der Waals surface area contributed by atoms with Gasteiger partial charge in [-0.2, -0.15) is 0 Å². The molecule has 0 amide bonds. The van der Waals surface area contributed by atoms with Gasteiger partial charge in [-0.25, -0.2) is 4.39 Å². The van der Waals surface area contributed by atoms with E-state index in [1.807, 2.05) is 35.2 Å². The van der Waals surface area contributed by atoms with E-state index >= 15 is 0 Å². The smallest absolute Gasteiger partial charge is 0.191 e. The lowest BCUT2D eigenvalue weighted by atomic mass is 10.1. The molecule has 0 bridgehead atoms. The lowest BCUT2D eigenvalue weighted by Gasteiger charge is -2.36. The zero-order valence-electron chi connectivity index (χ0n) is 15.2. The number of nitrogens with zero attached hydrogens (tertiary/aromatic N) is 3. The van der Waals surface area contributed by atoms with Gasteiger partial charge in [-0.3, -0.25) is 4.99 Å². The van der Waals surface area contributed by atoms with Gasteiger partial charge in [0.2, 0.25) is 0 Å². The second-order valence-corrected chi connectivity index (χ2v) is 6.49. The number of benzene rings is 2. The zero-order valence-corrected chi connectivity index (χ0v) is 17.5. The maximum absolute atomic E-state index is 13.0. The van der Waals surface area contributed by atoms with Crippen LogP contribution in [0.4, 0.5) is 10.1 Å². The fourth-order valence-electron chi connectivity index (χ4n) is 3.10. The Kier molecular flexibility index (Phi) is 8.30. The summed E-state index contributed by atoms with van der Waals surface area (Å²) in [6, 6.07) is 16.4. The van der Waals surface area contributed by atoms with Crippen LogP contribution in [0.3, 0.4) is 0 Å². The largest absolute Gasteiger partial charge is 0.391 e. The van der Waals surface area contributed by atoms with E-state index in [1.165, 1.54) is 12.1 Å². The lowest BCUT2D eigenvalue weighted by Crippen LogP contribution is -2.51. The number of nitrogens with two attached hydrogens (primary N) is 1. The second-order valence-electron chi connectivity index (χ2n) is 6.49. The van der Waals surface area contributed by atoms with E-state index in [0.29, 0.717) is 18.9 Å². The molecule has 0 aliphatic carbocycles. The van der Waals surface area contributed by atoms with Crippen molar-refractivity contribution in [3.8, 4) is 0 Å². The number of hydrogen-bond acceptors (Lipinski definition) is 3. The molecular weight excluding hydrogens is 458 g/mol. The molecule has 1 unspecified atom stereocenters. The molecule has 146 valence electrons. The van der Waals surface area contributed by atoms with Gasteiger partial charge in [-0.15, -0.1) is 24.0 Å². The molecule has 0 saturated carbocycles. The molecule has 3 rings (SSSR count). The van der Waals surface area contributed by atoms with Crippen LogP contribution >= 0.6 is 24.0 Å². The average Bonchev–Trinajstić information content (AvgIpc) is 2.68. The number of guanidine groups is 1. The summed E-state index contributed by atoms with van der Waals surface area (Å²) >= 11 is 0. The lowest BCUT2D eigenvalue weighted by molar-refractivity contribution is 0.183. The Morgan fingerprint density at radius 1 is 1.04 bits per heavy atom. The summed E-state index contributed by atoms with van der Waals surface area (Å²) in [5, 5.41) is 10.1. The Hall–Kier alpha value is -1.87. The fourth-order valence-corrected chi connectivity index (χ4v) is 3.10. The maximum atomic E-state index is 13.0. The van der Waals surface area contributed by atoms with Crippen molar-refractivity contribution >= 4 is 35.6 Å². The Bertz CT molecular complexity index is 719. The van der Waals surface area contributed by atoms with Crippen LogP contribution < -0.4 is 10.6 Å². The van der Waals surface area contributed by atoms with E-state index in [-0.39, 0.29) is 29.8 Å². The molecule has 1 saturated heterocycles. The van der Waals surface area contributed by atoms with Gasteiger partial charge in [0.25, 0.3) is 0 Å². The minimum Gasteiger partial charge on any atom is -0.391 e. The Labute approximate surface area is 176 Å². The van der Waals surface area contributed by atoms with Crippen LogP contribution in [0.25, 0.3) is 0 Å². The SMILES string of the molecule is I.NC(=NCC(O)Cc1ccccc1)N1CCN(c2ccc(F)cc2)CC1. The number of rotatable bonds is 5. The number of aliphatic hydroxyl groups excluding tert-OH is 1. The highest BCUT2D eigenvalue weighted by molar-refractivity contribution is 14.0. The second kappa shape index (κ2) is 10.5. The van der Waals surface area contributed by atoms with Crippen LogP contribution in [-0.2, 0) is 6.42 Å². The van der Waals surface area contributed by atoms with E-state index in [9.17, 15) is 9.50 Å². The van der Waals surface area contributed by atoms with E-state index < -0.39 is 6.10 Å². The quantitative estimate of drug-likeness (QED) is 0.389. The summed E-state index contributed by atoms with van der Waals surface area (Å²) in [7, 11) is 0. The minimum absolute atomic E-state index is 0. The van der Waals surface area contributed by atoms with Crippen molar-refractivity contribution in [2.75, 3.05) is 37.6 Å². The van der Waals surface area contributed by atoms with Gasteiger partial charge in [-0.1, -0.05) is 30.3 Å². The molecule has 0 radical (unpaired) electrons. The highest BCUT2D eigenvalue weighted by atomic mass is 127. The van der Waals surface area contributed by atoms with Gasteiger partial charge in [0, 0.05) is 38.3 Å². The van der Waals surface area contributed by atoms with Crippen LogP contribution in [-0.4, -0.2) is 54.8 Å². The van der Waals surface area contributed by atoms with E-state index in [4.69, 9.17) is 5.73 Å². The van der Waals surface area contributed by atoms with Crippen molar-refractivity contribution in [3.63, 3.8) is 0 Å². The van der Waals surface area contributed by atoms with Gasteiger partial charge >= 0.3 is 0 Å². The van der Waals surface area contributed by atoms with Gasteiger partial charge in [0.1, 0.15) is 5.82 Å². The highest BCUT2D eigenvalue weighted by Crippen LogP contribution is 2.16. The van der Waals surface area contributed by atoms with Crippen molar-refractivity contribution in [2.24, 2.45) is 10.7 Å². The molecule has 5 nitrogen and oxygen atoms in total. The third-order valence-corrected chi connectivity index (χ3v) is 4.57. The number of halogens is 2. The molecule has 1 fully saturated rings. The van der Waals surface area contributed by atoms with Crippen molar-refractivity contribution in [3.05, 3.63) is 66.0 Å². The summed E-state index contributed by atoms with van der Waals surface area (Å²) in [5.41, 5.74) is 8.19. The molecule has 1 atom stereocenters. The van der Waals surface area contributed by atoms with Gasteiger partial charge < -0.3 is 20.6 Å². The third kappa shape index (κ3) is 6.35. The van der Waals surface area contributed by atoms with Gasteiger partial charge in [0.05, 0.1) is 12.6 Å². The number of aliphatic hydroxyl groups is 1. The van der Waals surface area contributed by atoms with Gasteiger partial charge in [-0.05, 0) is 29.8 Å². The minimum atomic E-state index is -0.545. The van der Waals surface area contributed by atoms with Crippen molar-refractivity contribution in [2.45, 2.75) is 12.5 Å². The summed E-state index contributed by atoms with van der Waals surface area (Å²) in [4.78, 5) is 8.58. The molecule has 27 heavy (non-hydrogen) atoms. The number of hydrogen-bond donors (Lipinski definition) is 2.